The molecule has 0 fully saturated rings. The van der Waals surface area contributed by atoms with Crippen molar-refractivity contribution in [2.45, 2.75) is 13.5 Å². The van der Waals surface area contributed by atoms with Crippen molar-refractivity contribution in [1.82, 2.24) is 4.90 Å². The molecule has 0 unspecified atom stereocenters. The van der Waals surface area contributed by atoms with Gasteiger partial charge in [0.25, 0.3) is 11.6 Å². The van der Waals surface area contributed by atoms with Gasteiger partial charge >= 0.3 is 5.97 Å². The highest BCUT2D eigenvalue weighted by molar-refractivity contribution is 5.98. The van der Waals surface area contributed by atoms with Crippen molar-refractivity contribution in [2.75, 3.05) is 13.7 Å². The molecule has 8 nitrogen and oxygen atoms in total. The molecule has 0 bridgehead atoms. The molecule has 2 aromatic rings. The van der Waals surface area contributed by atoms with E-state index in [4.69, 9.17) is 9.15 Å². The highest BCUT2D eigenvalue weighted by Crippen LogP contribution is 2.20. The van der Waals surface area contributed by atoms with Gasteiger partial charge in [0.05, 0.1) is 29.9 Å². The Morgan fingerprint density at radius 3 is 2.58 bits per heavy atom. The Morgan fingerprint density at radius 2 is 2.00 bits per heavy atom. The van der Waals surface area contributed by atoms with E-state index in [1.165, 1.54) is 24.3 Å². The fourth-order valence-electron chi connectivity index (χ4n) is 2.10. The largest absolute Gasteiger partial charge is 0.467 e. The van der Waals surface area contributed by atoms with Gasteiger partial charge in [0.15, 0.2) is 0 Å². The quantitative estimate of drug-likeness (QED) is 0.458. The third-order valence-corrected chi connectivity index (χ3v) is 3.21. The molecule has 1 heterocycles. The van der Waals surface area contributed by atoms with Crippen molar-refractivity contribution in [3.05, 3.63) is 63.6 Å². The maximum absolute atomic E-state index is 12.5. The number of furan rings is 1. The first kappa shape index (κ1) is 17.2. The fraction of sp³-hybridized carbons (Fsp3) is 0.250. The van der Waals surface area contributed by atoms with Crippen LogP contribution in [-0.2, 0) is 11.3 Å². The number of rotatable bonds is 6. The number of carbonyl (C=O) groups excluding carboxylic acids is 2. The van der Waals surface area contributed by atoms with E-state index in [1.807, 2.05) is 0 Å². The number of esters is 1. The molecule has 1 aromatic carbocycles. The van der Waals surface area contributed by atoms with E-state index in [2.05, 4.69) is 0 Å². The molecule has 0 radical (unpaired) electrons. The molecule has 1 aromatic heterocycles. The number of ether oxygens (including phenoxy) is 1. The van der Waals surface area contributed by atoms with Crippen molar-refractivity contribution in [1.29, 1.82) is 0 Å². The van der Waals surface area contributed by atoms with Gasteiger partial charge in [-0.15, -0.1) is 0 Å². The van der Waals surface area contributed by atoms with Crippen LogP contribution in [0, 0.1) is 10.1 Å². The zero-order valence-electron chi connectivity index (χ0n) is 13.2. The molecule has 0 aliphatic heterocycles. The number of carbonyl (C=O) groups is 2. The van der Waals surface area contributed by atoms with Crippen molar-refractivity contribution >= 4 is 17.6 Å². The van der Waals surface area contributed by atoms with Crippen LogP contribution in [0.1, 0.15) is 33.4 Å². The SMILES string of the molecule is CCOC(=O)c1cc(C(=O)N(C)Cc2ccco2)cc([N+](=O)[O-])c1. The Morgan fingerprint density at radius 1 is 1.29 bits per heavy atom. The summed E-state index contributed by atoms with van der Waals surface area (Å²) in [7, 11) is 1.54. The minimum Gasteiger partial charge on any atom is -0.467 e. The molecule has 0 aliphatic rings. The van der Waals surface area contributed by atoms with E-state index in [9.17, 15) is 19.7 Å². The minimum absolute atomic E-state index is 0.0290. The number of nitro benzene ring substituents is 1. The van der Waals surface area contributed by atoms with E-state index < -0.39 is 16.8 Å². The van der Waals surface area contributed by atoms with Crippen LogP contribution in [0.2, 0.25) is 0 Å². The van der Waals surface area contributed by atoms with Crippen LogP contribution >= 0.6 is 0 Å². The first-order chi connectivity index (χ1) is 11.4. The van der Waals surface area contributed by atoms with Crippen molar-refractivity contribution in [3.8, 4) is 0 Å². The maximum atomic E-state index is 12.5. The van der Waals surface area contributed by atoms with Gasteiger partial charge < -0.3 is 14.1 Å². The Hall–Kier alpha value is -3.16. The highest BCUT2D eigenvalue weighted by atomic mass is 16.6. The lowest BCUT2D eigenvalue weighted by atomic mass is 10.1. The monoisotopic (exact) mass is 332 g/mol. The summed E-state index contributed by atoms with van der Waals surface area (Å²) in [5.74, 6) is -0.619. The predicted octanol–water partition coefficient (Wildman–Crippen LogP) is 2.64. The molecule has 0 atom stereocenters. The molecule has 0 aliphatic carbocycles. The van der Waals surface area contributed by atoms with E-state index in [1.54, 1.807) is 19.1 Å². The highest BCUT2D eigenvalue weighted by Gasteiger charge is 2.21. The molecule has 0 saturated carbocycles. The summed E-state index contributed by atoms with van der Waals surface area (Å²) in [5.41, 5.74) is -0.364. The van der Waals surface area contributed by atoms with E-state index in [0.717, 1.165) is 12.1 Å². The maximum Gasteiger partial charge on any atom is 0.338 e. The minimum atomic E-state index is -0.719. The van der Waals surface area contributed by atoms with E-state index >= 15 is 0 Å². The predicted molar refractivity (Wildman–Crippen MR) is 83.6 cm³/mol. The van der Waals surface area contributed by atoms with Gasteiger partial charge in [0.1, 0.15) is 5.76 Å². The zero-order valence-corrected chi connectivity index (χ0v) is 13.2. The van der Waals surface area contributed by atoms with Gasteiger partial charge in [-0.2, -0.15) is 0 Å². The summed E-state index contributed by atoms with van der Waals surface area (Å²) in [6.07, 6.45) is 1.49. The van der Waals surface area contributed by atoms with Gasteiger partial charge in [-0.1, -0.05) is 0 Å². The average Bonchev–Trinajstić information content (AvgIpc) is 3.06. The zero-order chi connectivity index (χ0) is 17.7. The van der Waals surface area contributed by atoms with Crippen LogP contribution in [0.3, 0.4) is 0 Å². The number of nitro groups is 1. The second kappa shape index (κ2) is 7.40. The second-order valence-corrected chi connectivity index (χ2v) is 4.99. The topological polar surface area (TPSA) is 103 Å². The summed E-state index contributed by atoms with van der Waals surface area (Å²) < 4.78 is 10.0. The van der Waals surface area contributed by atoms with Gasteiger partial charge in [-0.3, -0.25) is 14.9 Å². The van der Waals surface area contributed by atoms with Gasteiger partial charge in [0, 0.05) is 24.7 Å². The number of hydrogen-bond donors (Lipinski definition) is 0. The molecule has 126 valence electrons. The third-order valence-electron chi connectivity index (χ3n) is 3.21. The lowest BCUT2D eigenvalue weighted by molar-refractivity contribution is -0.384. The van der Waals surface area contributed by atoms with Crippen molar-refractivity contribution < 1.29 is 23.7 Å². The van der Waals surface area contributed by atoms with Crippen LogP contribution in [0.15, 0.2) is 41.0 Å². The standard InChI is InChI=1S/C16H16N2O6/c1-3-23-16(20)12-7-11(8-13(9-12)18(21)22)15(19)17(2)10-14-5-4-6-24-14/h4-9H,3,10H2,1-2H3. The van der Waals surface area contributed by atoms with Crippen LogP contribution in [0.25, 0.3) is 0 Å². The molecular weight excluding hydrogens is 316 g/mol. The van der Waals surface area contributed by atoms with Gasteiger partial charge in [-0.05, 0) is 25.1 Å². The molecular formula is C16H16N2O6. The first-order valence-electron chi connectivity index (χ1n) is 7.16. The Kier molecular flexibility index (Phi) is 5.31. The number of nitrogens with zero attached hydrogens (tertiary/aromatic N) is 2. The van der Waals surface area contributed by atoms with Crippen LogP contribution in [0.4, 0.5) is 5.69 Å². The van der Waals surface area contributed by atoms with Crippen LogP contribution < -0.4 is 0 Å². The van der Waals surface area contributed by atoms with Crippen molar-refractivity contribution in [3.63, 3.8) is 0 Å². The fourth-order valence-corrected chi connectivity index (χ4v) is 2.10. The second-order valence-electron chi connectivity index (χ2n) is 4.99. The Labute approximate surface area is 137 Å². The normalized spacial score (nSPS) is 10.2. The molecule has 24 heavy (non-hydrogen) atoms. The summed E-state index contributed by atoms with van der Waals surface area (Å²) in [5, 5.41) is 11.0. The van der Waals surface area contributed by atoms with Crippen LogP contribution in [0.5, 0.6) is 0 Å². The molecule has 0 spiro atoms. The number of amides is 1. The molecule has 8 heteroatoms. The summed E-state index contributed by atoms with van der Waals surface area (Å²) >= 11 is 0. The summed E-state index contributed by atoms with van der Waals surface area (Å²) in [4.78, 5) is 36.1. The number of hydrogen-bond acceptors (Lipinski definition) is 6. The van der Waals surface area contributed by atoms with Crippen molar-refractivity contribution in [2.24, 2.45) is 0 Å². The van der Waals surface area contributed by atoms with Crippen LogP contribution in [-0.4, -0.2) is 35.4 Å². The lowest BCUT2D eigenvalue weighted by Crippen LogP contribution is -2.26. The molecule has 1 amide bonds. The number of benzene rings is 1. The molecule has 0 saturated heterocycles. The third kappa shape index (κ3) is 3.97. The van der Waals surface area contributed by atoms with Gasteiger partial charge in [0.2, 0.25) is 0 Å². The molecule has 0 N–H and O–H groups in total. The summed E-state index contributed by atoms with van der Waals surface area (Å²) in [6, 6.07) is 6.90. The smallest absolute Gasteiger partial charge is 0.338 e. The Bertz CT molecular complexity index is 754. The van der Waals surface area contributed by atoms with E-state index in [-0.39, 0.29) is 30.0 Å². The van der Waals surface area contributed by atoms with Gasteiger partial charge in [-0.25, -0.2) is 4.79 Å². The van der Waals surface area contributed by atoms with E-state index in [0.29, 0.717) is 5.76 Å². The average molecular weight is 332 g/mol. The Balaban J connectivity index is 2.31. The number of non-ortho nitro benzene ring substituents is 1. The lowest BCUT2D eigenvalue weighted by Gasteiger charge is -2.16. The first-order valence-corrected chi connectivity index (χ1v) is 7.16. The summed E-state index contributed by atoms with van der Waals surface area (Å²) in [6.45, 7) is 1.95. The molecule has 2 rings (SSSR count).